The third-order valence-corrected chi connectivity index (χ3v) is 10.2. The standard InChI is InChI=1S/C48H31N/c1-2-16-35(17-3-1)49-46-26-11-10-23-43(46)41-22-8-9-24-44(41)48-36(25-13-27-47(48)49)34-15-12-14-32(30-34)33-28-29-42-39-20-5-4-18-37(39)38-19-6-7-21-40(38)45(42)31-33/h1-31H. The van der Waals surface area contributed by atoms with Gasteiger partial charge in [0.1, 0.15) is 0 Å². The first kappa shape index (κ1) is 27.7. The molecule has 0 spiro atoms. The molecular weight excluding hydrogens is 591 g/mol. The molecule has 0 fully saturated rings. The van der Waals surface area contributed by atoms with Crippen LogP contribution in [0.4, 0.5) is 17.1 Å². The van der Waals surface area contributed by atoms with Crippen LogP contribution in [0.3, 0.4) is 0 Å². The Bertz CT molecular complexity index is 2690. The summed E-state index contributed by atoms with van der Waals surface area (Å²) in [5.74, 6) is 0. The monoisotopic (exact) mass is 621 g/mol. The first-order valence-electron chi connectivity index (χ1n) is 16.9. The Labute approximate surface area is 286 Å². The van der Waals surface area contributed by atoms with Gasteiger partial charge in [0.15, 0.2) is 0 Å². The molecule has 49 heavy (non-hydrogen) atoms. The lowest BCUT2D eigenvalue weighted by Gasteiger charge is -2.28. The van der Waals surface area contributed by atoms with Gasteiger partial charge in [0.25, 0.3) is 0 Å². The number of fused-ring (bicyclic) bond motifs is 11. The van der Waals surface area contributed by atoms with E-state index in [0.717, 1.165) is 5.69 Å². The van der Waals surface area contributed by atoms with Crippen molar-refractivity contribution in [3.8, 4) is 44.5 Å². The highest BCUT2D eigenvalue weighted by molar-refractivity contribution is 6.25. The number of rotatable bonds is 3. The Balaban J connectivity index is 1.20. The maximum absolute atomic E-state index is 2.43. The van der Waals surface area contributed by atoms with Gasteiger partial charge in [-0.2, -0.15) is 0 Å². The highest BCUT2D eigenvalue weighted by atomic mass is 15.1. The van der Waals surface area contributed by atoms with Crippen molar-refractivity contribution < 1.29 is 0 Å². The van der Waals surface area contributed by atoms with Gasteiger partial charge in [0.2, 0.25) is 0 Å². The normalized spacial score (nSPS) is 12.0. The van der Waals surface area contributed by atoms with Crippen LogP contribution < -0.4 is 4.90 Å². The number of hydrogen-bond acceptors (Lipinski definition) is 1. The van der Waals surface area contributed by atoms with Crippen molar-refractivity contribution in [1.29, 1.82) is 0 Å². The molecule has 228 valence electrons. The first-order valence-corrected chi connectivity index (χ1v) is 16.9. The molecule has 0 amide bonds. The molecule has 1 aliphatic heterocycles. The quantitative estimate of drug-likeness (QED) is 0.177. The van der Waals surface area contributed by atoms with Gasteiger partial charge in [-0.05, 0) is 102 Å². The van der Waals surface area contributed by atoms with E-state index < -0.39 is 0 Å². The topological polar surface area (TPSA) is 3.24 Å². The summed E-state index contributed by atoms with van der Waals surface area (Å²) >= 11 is 0. The molecule has 1 aliphatic rings. The molecule has 0 N–H and O–H groups in total. The van der Waals surface area contributed by atoms with Crippen molar-refractivity contribution in [2.75, 3.05) is 4.90 Å². The Hall–Kier alpha value is -6.44. The summed E-state index contributed by atoms with van der Waals surface area (Å²) in [6.07, 6.45) is 0. The average molecular weight is 622 g/mol. The minimum absolute atomic E-state index is 1.14. The third-order valence-electron chi connectivity index (χ3n) is 10.2. The Morgan fingerprint density at radius 1 is 0.265 bits per heavy atom. The largest absolute Gasteiger partial charge is 0.309 e. The van der Waals surface area contributed by atoms with Crippen LogP contribution in [0.2, 0.25) is 0 Å². The van der Waals surface area contributed by atoms with Gasteiger partial charge < -0.3 is 4.90 Å². The fraction of sp³-hybridized carbons (Fsp3) is 0. The number of hydrogen-bond donors (Lipinski definition) is 0. The number of nitrogens with zero attached hydrogens (tertiary/aromatic N) is 1. The van der Waals surface area contributed by atoms with E-state index in [0.29, 0.717) is 0 Å². The number of benzene rings is 9. The van der Waals surface area contributed by atoms with Crippen LogP contribution in [-0.4, -0.2) is 0 Å². The van der Waals surface area contributed by atoms with Gasteiger partial charge in [-0.1, -0.05) is 152 Å². The third kappa shape index (κ3) is 4.33. The molecular formula is C48H31N. The van der Waals surface area contributed by atoms with Crippen molar-refractivity contribution in [3.63, 3.8) is 0 Å². The zero-order valence-electron chi connectivity index (χ0n) is 26.8. The summed E-state index contributed by atoms with van der Waals surface area (Å²) in [4.78, 5) is 2.43. The molecule has 1 nitrogen and oxygen atoms in total. The van der Waals surface area contributed by atoms with Gasteiger partial charge in [0.05, 0.1) is 11.4 Å². The Kier molecular flexibility index (Phi) is 6.25. The highest BCUT2D eigenvalue weighted by Crippen LogP contribution is 2.53. The maximum atomic E-state index is 2.43. The summed E-state index contributed by atoms with van der Waals surface area (Å²) in [5, 5.41) is 7.77. The Morgan fingerprint density at radius 2 is 0.776 bits per heavy atom. The summed E-state index contributed by atoms with van der Waals surface area (Å²) in [6.45, 7) is 0. The van der Waals surface area contributed by atoms with Crippen molar-refractivity contribution in [2.24, 2.45) is 0 Å². The molecule has 0 aromatic heterocycles. The minimum atomic E-state index is 1.14. The van der Waals surface area contributed by atoms with Crippen LogP contribution in [-0.2, 0) is 0 Å². The van der Waals surface area contributed by atoms with E-state index in [-0.39, 0.29) is 0 Å². The van der Waals surface area contributed by atoms with E-state index in [1.165, 1.54) is 88.2 Å². The van der Waals surface area contributed by atoms with Crippen LogP contribution in [0, 0.1) is 0 Å². The van der Waals surface area contributed by atoms with E-state index in [2.05, 4.69) is 193 Å². The predicted molar refractivity (Wildman–Crippen MR) is 209 cm³/mol. The van der Waals surface area contributed by atoms with E-state index >= 15 is 0 Å². The lowest BCUT2D eigenvalue weighted by Crippen LogP contribution is -2.11. The lowest BCUT2D eigenvalue weighted by molar-refractivity contribution is 1.29. The predicted octanol–water partition coefficient (Wildman–Crippen LogP) is 13.6. The SMILES string of the molecule is c1ccc(N2c3ccccc3-c3ccccc3-c3c(-c4cccc(-c5ccc6c7ccccc7c7ccccc7c6c5)c4)cccc32)cc1. The first-order chi connectivity index (χ1) is 24.3. The van der Waals surface area contributed by atoms with Crippen LogP contribution in [0.5, 0.6) is 0 Å². The molecule has 9 aromatic carbocycles. The molecule has 0 saturated carbocycles. The molecule has 1 heterocycles. The summed E-state index contributed by atoms with van der Waals surface area (Å²) < 4.78 is 0. The van der Waals surface area contributed by atoms with E-state index in [1.807, 2.05) is 0 Å². The van der Waals surface area contributed by atoms with Gasteiger partial charge in [-0.3, -0.25) is 0 Å². The van der Waals surface area contributed by atoms with Crippen LogP contribution in [0.15, 0.2) is 188 Å². The molecule has 9 aromatic rings. The fourth-order valence-electron chi connectivity index (χ4n) is 8.02. The molecule has 0 bridgehead atoms. The van der Waals surface area contributed by atoms with E-state index in [4.69, 9.17) is 0 Å². The average Bonchev–Trinajstić information content (AvgIpc) is 3.31. The van der Waals surface area contributed by atoms with E-state index in [9.17, 15) is 0 Å². The zero-order valence-corrected chi connectivity index (χ0v) is 26.8. The second-order valence-electron chi connectivity index (χ2n) is 12.9. The maximum Gasteiger partial charge on any atom is 0.0546 e. The number of anilines is 3. The number of para-hydroxylation sites is 2. The summed E-state index contributed by atoms with van der Waals surface area (Å²) in [7, 11) is 0. The zero-order chi connectivity index (χ0) is 32.3. The molecule has 0 unspecified atom stereocenters. The molecule has 0 radical (unpaired) electrons. The van der Waals surface area contributed by atoms with E-state index in [1.54, 1.807) is 0 Å². The fourth-order valence-corrected chi connectivity index (χ4v) is 8.02. The molecule has 0 saturated heterocycles. The molecule has 10 rings (SSSR count). The van der Waals surface area contributed by atoms with Gasteiger partial charge >= 0.3 is 0 Å². The second kappa shape index (κ2) is 11.1. The molecule has 0 aliphatic carbocycles. The van der Waals surface area contributed by atoms with Crippen molar-refractivity contribution in [1.82, 2.24) is 0 Å². The van der Waals surface area contributed by atoms with Crippen LogP contribution >= 0.6 is 0 Å². The van der Waals surface area contributed by atoms with Crippen molar-refractivity contribution in [2.45, 2.75) is 0 Å². The summed E-state index contributed by atoms with van der Waals surface area (Å²) in [5.41, 5.74) is 13.3. The van der Waals surface area contributed by atoms with Crippen LogP contribution in [0.25, 0.3) is 76.8 Å². The highest BCUT2D eigenvalue weighted by Gasteiger charge is 2.27. The lowest BCUT2D eigenvalue weighted by atomic mass is 9.88. The molecule has 1 heteroatoms. The smallest absolute Gasteiger partial charge is 0.0546 e. The van der Waals surface area contributed by atoms with Crippen LogP contribution in [0.1, 0.15) is 0 Å². The second-order valence-corrected chi connectivity index (χ2v) is 12.9. The minimum Gasteiger partial charge on any atom is -0.309 e. The van der Waals surface area contributed by atoms with Gasteiger partial charge in [0, 0.05) is 16.8 Å². The van der Waals surface area contributed by atoms with Crippen molar-refractivity contribution >= 4 is 49.4 Å². The van der Waals surface area contributed by atoms with Gasteiger partial charge in [-0.15, -0.1) is 0 Å². The summed E-state index contributed by atoms with van der Waals surface area (Å²) in [6, 6.07) is 68.8. The van der Waals surface area contributed by atoms with Gasteiger partial charge in [-0.25, -0.2) is 0 Å². The van der Waals surface area contributed by atoms with Crippen molar-refractivity contribution in [3.05, 3.63) is 188 Å². The molecule has 0 atom stereocenters. The Morgan fingerprint density at radius 3 is 1.53 bits per heavy atom.